The molecule has 0 saturated heterocycles. The van der Waals surface area contributed by atoms with Gasteiger partial charge in [0.2, 0.25) is 5.95 Å². The summed E-state index contributed by atoms with van der Waals surface area (Å²) in [7, 11) is 0. The van der Waals surface area contributed by atoms with E-state index in [2.05, 4.69) is 27.2 Å². The molecule has 1 fully saturated rings. The van der Waals surface area contributed by atoms with Crippen molar-refractivity contribution in [2.45, 2.75) is 51.5 Å². The van der Waals surface area contributed by atoms with Crippen LogP contribution in [-0.2, 0) is 0 Å². The van der Waals surface area contributed by atoms with Gasteiger partial charge in [-0.1, -0.05) is 26.2 Å². The molecule has 3 heterocycles. The number of nitrogen functional groups attached to an aromatic ring is 1. The van der Waals surface area contributed by atoms with Crippen LogP contribution in [0, 0.1) is 0 Å². The van der Waals surface area contributed by atoms with Gasteiger partial charge in [0.25, 0.3) is 0 Å². The quantitative estimate of drug-likeness (QED) is 0.606. The van der Waals surface area contributed by atoms with Crippen molar-refractivity contribution >= 4 is 22.8 Å². The SMILES string of the molecule is CCCOc1cc(NC2CCCCC2)nc2[nH]cc(-c3ccnc(N)n3)c12. The first-order valence-electron chi connectivity index (χ1n) is 9.75. The molecule has 142 valence electrons. The molecule has 1 saturated carbocycles. The van der Waals surface area contributed by atoms with Gasteiger partial charge >= 0.3 is 0 Å². The molecule has 4 N–H and O–H groups in total. The normalized spacial score (nSPS) is 15.1. The average molecular weight is 366 g/mol. The molecule has 0 aromatic carbocycles. The van der Waals surface area contributed by atoms with Gasteiger partial charge in [0.15, 0.2) is 0 Å². The van der Waals surface area contributed by atoms with E-state index in [9.17, 15) is 0 Å². The lowest BCUT2D eigenvalue weighted by atomic mass is 9.95. The number of fused-ring (bicyclic) bond motifs is 1. The van der Waals surface area contributed by atoms with Gasteiger partial charge < -0.3 is 20.8 Å². The molecule has 4 rings (SSSR count). The van der Waals surface area contributed by atoms with Crippen molar-refractivity contribution in [2.24, 2.45) is 0 Å². The van der Waals surface area contributed by atoms with Gasteiger partial charge in [-0.2, -0.15) is 0 Å². The third-order valence-electron chi connectivity index (χ3n) is 4.97. The largest absolute Gasteiger partial charge is 0.493 e. The van der Waals surface area contributed by atoms with Crippen LogP contribution in [0.2, 0.25) is 0 Å². The molecule has 0 aliphatic heterocycles. The minimum Gasteiger partial charge on any atom is -0.493 e. The Morgan fingerprint density at radius 2 is 2.11 bits per heavy atom. The van der Waals surface area contributed by atoms with Gasteiger partial charge in [0.05, 0.1) is 17.7 Å². The number of nitrogens with one attached hydrogen (secondary N) is 2. The van der Waals surface area contributed by atoms with Crippen LogP contribution in [0.4, 0.5) is 11.8 Å². The van der Waals surface area contributed by atoms with Gasteiger partial charge in [-0.05, 0) is 25.3 Å². The van der Waals surface area contributed by atoms with E-state index >= 15 is 0 Å². The first-order chi connectivity index (χ1) is 13.2. The Kier molecular flexibility index (Phi) is 5.09. The van der Waals surface area contributed by atoms with E-state index in [1.807, 2.05) is 18.3 Å². The lowest BCUT2D eigenvalue weighted by molar-refractivity contribution is 0.321. The third-order valence-corrected chi connectivity index (χ3v) is 4.97. The second-order valence-corrected chi connectivity index (χ2v) is 7.06. The van der Waals surface area contributed by atoms with Gasteiger partial charge in [-0.25, -0.2) is 15.0 Å². The van der Waals surface area contributed by atoms with Crippen LogP contribution in [0.3, 0.4) is 0 Å². The zero-order valence-corrected chi connectivity index (χ0v) is 15.7. The maximum atomic E-state index is 6.07. The summed E-state index contributed by atoms with van der Waals surface area (Å²) in [4.78, 5) is 16.4. The molecule has 0 unspecified atom stereocenters. The van der Waals surface area contributed by atoms with Crippen LogP contribution in [0.1, 0.15) is 45.4 Å². The van der Waals surface area contributed by atoms with Crippen LogP contribution >= 0.6 is 0 Å². The Labute approximate surface area is 158 Å². The molecular formula is C20H26N6O. The summed E-state index contributed by atoms with van der Waals surface area (Å²) in [6.07, 6.45) is 10.8. The number of H-pyrrole nitrogens is 1. The first-order valence-corrected chi connectivity index (χ1v) is 9.75. The van der Waals surface area contributed by atoms with Crippen molar-refractivity contribution in [1.82, 2.24) is 19.9 Å². The van der Waals surface area contributed by atoms with Gasteiger partial charge in [-0.15, -0.1) is 0 Å². The number of hydrogen-bond acceptors (Lipinski definition) is 6. The highest BCUT2D eigenvalue weighted by Crippen LogP contribution is 2.36. The number of aromatic amines is 1. The Hall–Kier alpha value is -2.83. The van der Waals surface area contributed by atoms with E-state index in [0.29, 0.717) is 12.6 Å². The number of rotatable bonds is 6. The highest BCUT2D eigenvalue weighted by Gasteiger charge is 2.18. The van der Waals surface area contributed by atoms with Gasteiger partial charge in [-0.3, -0.25) is 0 Å². The van der Waals surface area contributed by atoms with Crippen LogP contribution in [0.5, 0.6) is 5.75 Å². The highest BCUT2D eigenvalue weighted by atomic mass is 16.5. The zero-order chi connectivity index (χ0) is 18.6. The van der Waals surface area contributed by atoms with Crippen LogP contribution in [0.25, 0.3) is 22.3 Å². The number of nitrogens with two attached hydrogens (primary N) is 1. The Balaban J connectivity index is 1.74. The van der Waals surface area contributed by atoms with E-state index in [1.54, 1.807) is 6.20 Å². The molecule has 1 aliphatic rings. The molecule has 0 amide bonds. The third kappa shape index (κ3) is 3.82. The number of nitrogens with zero attached hydrogens (tertiary/aromatic N) is 3. The summed E-state index contributed by atoms with van der Waals surface area (Å²) < 4.78 is 6.07. The average Bonchev–Trinajstić information content (AvgIpc) is 3.11. The summed E-state index contributed by atoms with van der Waals surface area (Å²) >= 11 is 0. The van der Waals surface area contributed by atoms with Crippen molar-refractivity contribution in [3.05, 3.63) is 24.5 Å². The number of ether oxygens (including phenoxy) is 1. The molecule has 0 spiro atoms. The number of anilines is 2. The monoisotopic (exact) mass is 366 g/mol. The second-order valence-electron chi connectivity index (χ2n) is 7.06. The smallest absolute Gasteiger partial charge is 0.220 e. The van der Waals surface area contributed by atoms with E-state index in [-0.39, 0.29) is 5.95 Å². The Morgan fingerprint density at radius 1 is 1.26 bits per heavy atom. The summed E-state index contributed by atoms with van der Waals surface area (Å²) in [6, 6.07) is 4.34. The fourth-order valence-corrected chi connectivity index (χ4v) is 3.68. The summed E-state index contributed by atoms with van der Waals surface area (Å²) in [6.45, 7) is 2.75. The predicted molar refractivity (Wildman–Crippen MR) is 108 cm³/mol. The van der Waals surface area contributed by atoms with Crippen LogP contribution < -0.4 is 15.8 Å². The van der Waals surface area contributed by atoms with E-state index in [1.165, 1.54) is 32.1 Å². The van der Waals surface area contributed by atoms with E-state index in [4.69, 9.17) is 15.5 Å². The molecule has 0 bridgehead atoms. The molecule has 0 radical (unpaired) electrons. The topological polar surface area (TPSA) is 102 Å². The van der Waals surface area contributed by atoms with E-state index < -0.39 is 0 Å². The zero-order valence-electron chi connectivity index (χ0n) is 15.7. The fourth-order valence-electron chi connectivity index (χ4n) is 3.68. The second kappa shape index (κ2) is 7.82. The molecular weight excluding hydrogens is 340 g/mol. The summed E-state index contributed by atoms with van der Waals surface area (Å²) in [5.74, 6) is 1.92. The summed E-state index contributed by atoms with van der Waals surface area (Å²) in [5, 5.41) is 4.52. The van der Waals surface area contributed by atoms with Crippen molar-refractivity contribution < 1.29 is 4.74 Å². The molecule has 7 heteroatoms. The minimum absolute atomic E-state index is 0.251. The number of pyridine rings is 1. The number of hydrogen-bond donors (Lipinski definition) is 3. The van der Waals surface area contributed by atoms with Gasteiger partial charge in [0.1, 0.15) is 17.2 Å². The maximum absolute atomic E-state index is 6.07. The lowest BCUT2D eigenvalue weighted by Crippen LogP contribution is -2.22. The molecule has 1 aliphatic carbocycles. The van der Waals surface area contributed by atoms with Crippen molar-refractivity contribution in [3.8, 4) is 17.0 Å². The molecule has 3 aromatic heterocycles. The molecule has 3 aromatic rings. The number of aromatic nitrogens is 4. The minimum atomic E-state index is 0.251. The first kappa shape index (κ1) is 17.6. The fraction of sp³-hybridized carbons (Fsp3) is 0.450. The predicted octanol–water partition coefficient (Wildman–Crippen LogP) is 4.14. The summed E-state index contributed by atoms with van der Waals surface area (Å²) in [5.41, 5.74) is 8.23. The van der Waals surface area contributed by atoms with Crippen molar-refractivity contribution in [2.75, 3.05) is 17.7 Å². The standard InChI is InChI=1S/C20H26N6O/c1-2-10-27-16-11-17(24-13-6-4-3-5-7-13)26-19-18(16)14(12-23-19)15-8-9-22-20(21)25-15/h8-9,11-13H,2-7,10H2,1H3,(H2,21,22,25)(H2,23,24,26). The molecule has 0 atom stereocenters. The highest BCUT2D eigenvalue weighted by molar-refractivity contribution is 5.98. The Morgan fingerprint density at radius 3 is 2.89 bits per heavy atom. The lowest BCUT2D eigenvalue weighted by Gasteiger charge is -2.23. The van der Waals surface area contributed by atoms with Crippen LogP contribution in [0.15, 0.2) is 24.5 Å². The van der Waals surface area contributed by atoms with Crippen molar-refractivity contribution in [1.29, 1.82) is 0 Å². The Bertz CT molecular complexity index is 916. The van der Waals surface area contributed by atoms with Crippen molar-refractivity contribution in [3.63, 3.8) is 0 Å². The molecule has 7 nitrogen and oxygen atoms in total. The maximum Gasteiger partial charge on any atom is 0.220 e. The van der Waals surface area contributed by atoms with Gasteiger partial charge in [0, 0.05) is 30.1 Å². The van der Waals surface area contributed by atoms with E-state index in [0.717, 1.165) is 40.3 Å². The van der Waals surface area contributed by atoms with Crippen LogP contribution in [-0.4, -0.2) is 32.6 Å². The molecule has 27 heavy (non-hydrogen) atoms.